The number of pyridine rings is 1. The normalized spacial score (nSPS) is 19.9. The van der Waals surface area contributed by atoms with E-state index in [4.69, 9.17) is 12.2 Å². The van der Waals surface area contributed by atoms with Crippen molar-refractivity contribution in [1.82, 2.24) is 9.47 Å². The third-order valence-corrected chi connectivity index (χ3v) is 7.71. The number of amides is 1. The fourth-order valence-corrected chi connectivity index (χ4v) is 5.62. The molecular weight excluding hydrogens is 428 g/mol. The van der Waals surface area contributed by atoms with Crippen molar-refractivity contribution >= 4 is 46.1 Å². The van der Waals surface area contributed by atoms with Crippen LogP contribution < -0.4 is 10.5 Å². The van der Waals surface area contributed by atoms with Gasteiger partial charge in [0.25, 0.3) is 11.5 Å². The molecule has 3 heterocycles. The van der Waals surface area contributed by atoms with Crippen LogP contribution >= 0.6 is 24.0 Å². The monoisotopic (exact) mass is 458 g/mol. The maximum absolute atomic E-state index is 13.1. The first-order chi connectivity index (χ1) is 14.7. The van der Waals surface area contributed by atoms with Crippen molar-refractivity contribution in [2.45, 2.75) is 66.5 Å². The molecule has 166 valence electrons. The largest absolute Gasteiger partial charge is 0.357 e. The summed E-state index contributed by atoms with van der Waals surface area (Å²) in [6.45, 7) is 12.1. The first-order valence-electron chi connectivity index (χ1n) is 10.9. The van der Waals surface area contributed by atoms with Gasteiger partial charge in [-0.25, -0.2) is 0 Å². The molecule has 3 rings (SSSR count). The number of hydrogen-bond acceptors (Lipinski definition) is 6. The molecule has 0 saturated carbocycles. The van der Waals surface area contributed by atoms with Crippen molar-refractivity contribution in [1.29, 1.82) is 5.26 Å². The zero-order valence-corrected chi connectivity index (χ0v) is 20.5. The number of anilines is 1. The molecule has 2 saturated heterocycles. The number of nitriles is 1. The van der Waals surface area contributed by atoms with E-state index in [0.29, 0.717) is 27.3 Å². The highest BCUT2D eigenvalue weighted by Crippen LogP contribution is 2.37. The fourth-order valence-electron chi connectivity index (χ4n) is 4.17. The number of rotatable bonds is 5. The lowest BCUT2D eigenvalue weighted by atomic mass is 9.97. The number of thiocarbonyl (C=S) groups is 1. The molecule has 2 fully saturated rings. The Kier molecular flexibility index (Phi) is 7.28. The van der Waals surface area contributed by atoms with Crippen LogP contribution in [0.4, 0.5) is 5.82 Å². The quantitative estimate of drug-likeness (QED) is 0.484. The van der Waals surface area contributed by atoms with Crippen LogP contribution in [0.5, 0.6) is 0 Å². The van der Waals surface area contributed by atoms with E-state index in [9.17, 15) is 14.9 Å². The Labute approximate surface area is 193 Å². The zero-order valence-electron chi connectivity index (χ0n) is 18.9. The van der Waals surface area contributed by atoms with Crippen LogP contribution in [0.15, 0.2) is 9.70 Å². The van der Waals surface area contributed by atoms with E-state index in [2.05, 4.69) is 17.9 Å². The van der Waals surface area contributed by atoms with Crippen LogP contribution in [0.3, 0.4) is 0 Å². The molecule has 6 nitrogen and oxygen atoms in total. The van der Waals surface area contributed by atoms with Crippen LogP contribution in [0, 0.1) is 24.2 Å². The molecule has 0 bridgehead atoms. The van der Waals surface area contributed by atoms with Crippen LogP contribution in [-0.2, 0) is 11.3 Å². The smallest absolute Gasteiger partial charge is 0.270 e. The summed E-state index contributed by atoms with van der Waals surface area (Å²) in [5.41, 5.74) is 1.27. The number of thioether (sulfide) groups is 1. The van der Waals surface area contributed by atoms with Gasteiger partial charge in [0.15, 0.2) is 0 Å². The summed E-state index contributed by atoms with van der Waals surface area (Å²) in [7, 11) is 0. The molecule has 8 heteroatoms. The topological polar surface area (TPSA) is 69.3 Å². The second kappa shape index (κ2) is 9.58. The van der Waals surface area contributed by atoms with Crippen molar-refractivity contribution in [2.75, 3.05) is 18.0 Å². The van der Waals surface area contributed by atoms with Gasteiger partial charge in [-0.05, 0) is 57.6 Å². The Morgan fingerprint density at radius 2 is 1.94 bits per heavy atom. The summed E-state index contributed by atoms with van der Waals surface area (Å²) in [4.78, 5) is 30.7. The lowest BCUT2D eigenvalue weighted by Gasteiger charge is -2.35. The maximum atomic E-state index is 13.1. The Morgan fingerprint density at radius 3 is 2.48 bits per heavy atom. The number of carbonyl (C=O) groups is 1. The predicted molar refractivity (Wildman–Crippen MR) is 131 cm³/mol. The van der Waals surface area contributed by atoms with Crippen LogP contribution in [0.25, 0.3) is 6.08 Å². The number of piperidine rings is 1. The Bertz CT molecular complexity index is 1030. The van der Waals surface area contributed by atoms with Gasteiger partial charge in [-0.1, -0.05) is 37.8 Å². The number of nitrogens with zero attached hydrogens (tertiary/aromatic N) is 4. The van der Waals surface area contributed by atoms with E-state index < -0.39 is 0 Å². The Hall–Kier alpha value is -2.11. The van der Waals surface area contributed by atoms with E-state index in [-0.39, 0.29) is 23.1 Å². The van der Waals surface area contributed by atoms with E-state index in [1.807, 2.05) is 26.8 Å². The van der Waals surface area contributed by atoms with Gasteiger partial charge in [-0.15, -0.1) is 0 Å². The molecule has 1 atom stereocenters. The van der Waals surface area contributed by atoms with Gasteiger partial charge in [0.1, 0.15) is 21.8 Å². The standard InChI is InChI=1S/C23H30N4O2S2/c1-6-15(4)27-22(29)19(31-23(27)30)12-17-16(5)18(13-24)21(28)26(7-2)20(17)25-10-8-14(3)9-11-25/h12,14-15H,6-11H2,1-5H3. The molecule has 0 aliphatic carbocycles. The molecule has 0 aromatic carbocycles. The van der Waals surface area contributed by atoms with Crippen molar-refractivity contribution in [3.05, 3.63) is 31.9 Å². The highest BCUT2D eigenvalue weighted by molar-refractivity contribution is 8.26. The highest BCUT2D eigenvalue weighted by atomic mass is 32.2. The van der Waals surface area contributed by atoms with Crippen LogP contribution in [0.1, 0.15) is 63.6 Å². The molecule has 1 aromatic rings. The van der Waals surface area contributed by atoms with Crippen molar-refractivity contribution in [3.63, 3.8) is 0 Å². The molecule has 0 radical (unpaired) electrons. The van der Waals surface area contributed by atoms with Crippen LogP contribution in [-0.4, -0.2) is 38.8 Å². The lowest BCUT2D eigenvalue weighted by molar-refractivity contribution is -0.123. The summed E-state index contributed by atoms with van der Waals surface area (Å²) < 4.78 is 2.24. The second-order valence-corrected chi connectivity index (χ2v) is 10.1. The summed E-state index contributed by atoms with van der Waals surface area (Å²) in [6, 6.07) is 2.12. The summed E-state index contributed by atoms with van der Waals surface area (Å²) in [6.07, 6.45) is 4.76. The third-order valence-electron chi connectivity index (χ3n) is 6.38. The van der Waals surface area contributed by atoms with Crippen molar-refractivity contribution < 1.29 is 4.79 Å². The SMILES string of the molecule is CCC(C)N1C(=O)C(=Cc2c(C)c(C#N)c(=O)n(CC)c2N2CCC(C)CC2)SC1=S. The van der Waals surface area contributed by atoms with E-state index in [1.54, 1.807) is 16.4 Å². The van der Waals surface area contributed by atoms with Gasteiger partial charge >= 0.3 is 0 Å². The van der Waals surface area contributed by atoms with Gasteiger partial charge < -0.3 is 4.90 Å². The van der Waals surface area contributed by atoms with Crippen molar-refractivity contribution in [2.24, 2.45) is 5.92 Å². The molecule has 0 N–H and O–H groups in total. The minimum absolute atomic E-state index is 0.0295. The maximum Gasteiger partial charge on any atom is 0.270 e. The summed E-state index contributed by atoms with van der Waals surface area (Å²) >= 11 is 6.78. The number of carbonyl (C=O) groups excluding carboxylic acids is 1. The minimum atomic E-state index is -0.263. The average Bonchev–Trinajstić information content (AvgIpc) is 3.03. The molecule has 2 aliphatic heterocycles. The van der Waals surface area contributed by atoms with Gasteiger partial charge in [0, 0.05) is 31.2 Å². The predicted octanol–water partition coefficient (Wildman–Crippen LogP) is 4.28. The second-order valence-electron chi connectivity index (χ2n) is 8.38. The Morgan fingerprint density at radius 1 is 1.29 bits per heavy atom. The Balaban J connectivity index is 2.21. The average molecular weight is 459 g/mol. The lowest BCUT2D eigenvalue weighted by Crippen LogP contribution is -2.39. The van der Waals surface area contributed by atoms with Crippen LogP contribution in [0.2, 0.25) is 0 Å². The minimum Gasteiger partial charge on any atom is -0.357 e. The molecule has 0 spiro atoms. The number of hydrogen-bond donors (Lipinski definition) is 0. The van der Waals surface area contributed by atoms with Gasteiger partial charge in [-0.2, -0.15) is 5.26 Å². The first kappa shape index (κ1) is 23.6. The van der Waals surface area contributed by atoms with E-state index in [0.717, 1.165) is 43.7 Å². The number of aromatic nitrogens is 1. The van der Waals surface area contributed by atoms with E-state index in [1.165, 1.54) is 11.8 Å². The molecular formula is C23H30N4O2S2. The van der Waals surface area contributed by atoms with Gasteiger partial charge in [0.2, 0.25) is 0 Å². The molecule has 1 amide bonds. The molecule has 31 heavy (non-hydrogen) atoms. The summed E-state index contributed by atoms with van der Waals surface area (Å²) in [5.74, 6) is 1.35. The molecule has 1 aromatic heterocycles. The highest BCUT2D eigenvalue weighted by Gasteiger charge is 2.35. The van der Waals surface area contributed by atoms with Gasteiger partial charge in [-0.3, -0.25) is 19.1 Å². The zero-order chi connectivity index (χ0) is 22.9. The third kappa shape index (κ3) is 4.31. The molecule has 2 aliphatic rings. The van der Waals surface area contributed by atoms with Crippen molar-refractivity contribution in [3.8, 4) is 6.07 Å². The van der Waals surface area contributed by atoms with E-state index >= 15 is 0 Å². The molecule has 1 unspecified atom stereocenters. The first-order valence-corrected chi connectivity index (χ1v) is 12.2. The fraction of sp³-hybridized carbons (Fsp3) is 0.565. The van der Waals surface area contributed by atoms with Gasteiger partial charge in [0.05, 0.1) is 4.91 Å². The summed E-state index contributed by atoms with van der Waals surface area (Å²) in [5, 5.41) is 9.68.